The van der Waals surface area contributed by atoms with E-state index < -0.39 is 5.92 Å². The van der Waals surface area contributed by atoms with Gasteiger partial charge in [-0.15, -0.1) is 0 Å². The van der Waals surface area contributed by atoms with Gasteiger partial charge in [-0.05, 0) is 25.0 Å². The maximum absolute atomic E-state index is 13.8. The Labute approximate surface area is 125 Å². The lowest BCUT2D eigenvalue weighted by Crippen LogP contribution is -2.44. The third-order valence-corrected chi connectivity index (χ3v) is 3.89. The molecular weight excluding hydrogens is 274 g/mol. The van der Waals surface area contributed by atoms with Crippen molar-refractivity contribution < 1.29 is 13.5 Å². The zero-order valence-corrected chi connectivity index (χ0v) is 13.0. The Balaban J connectivity index is 2.19. The molecule has 0 aromatic heterocycles. The second-order valence-corrected chi connectivity index (χ2v) is 5.73. The zero-order valence-electron chi connectivity index (χ0n) is 13.0. The van der Waals surface area contributed by atoms with Gasteiger partial charge in [0, 0.05) is 39.6 Å². The molecule has 0 amide bonds. The lowest BCUT2D eigenvalue weighted by Gasteiger charge is -2.27. The number of nitrogens with one attached hydrogen (secondary N) is 1. The fourth-order valence-corrected chi connectivity index (χ4v) is 2.81. The molecule has 1 aromatic rings. The van der Waals surface area contributed by atoms with Crippen LogP contribution in [0.3, 0.4) is 0 Å². The molecule has 3 nitrogen and oxygen atoms in total. The maximum atomic E-state index is 13.8. The summed E-state index contributed by atoms with van der Waals surface area (Å²) in [6.07, 6.45) is 0.730. The van der Waals surface area contributed by atoms with E-state index in [0.29, 0.717) is 5.75 Å². The summed E-state index contributed by atoms with van der Waals surface area (Å²) >= 11 is 0. The van der Waals surface area contributed by atoms with Gasteiger partial charge in [-0.2, -0.15) is 0 Å². The number of piperazine rings is 1. The maximum Gasteiger partial charge on any atom is 0.274 e. The standard InChI is InChI=1S/C16H24F2N2O/c1-12-10-13(4-7-20-8-5-19-6-9-20)15(21-3)14(11-12)16(2,17)18/h10-11,19H,4-9H2,1-3H3. The van der Waals surface area contributed by atoms with Gasteiger partial charge in [-0.25, -0.2) is 8.78 Å². The molecule has 5 heteroatoms. The van der Waals surface area contributed by atoms with Gasteiger partial charge >= 0.3 is 0 Å². The highest BCUT2D eigenvalue weighted by Crippen LogP contribution is 2.37. The van der Waals surface area contributed by atoms with E-state index in [1.165, 1.54) is 13.2 Å². The summed E-state index contributed by atoms with van der Waals surface area (Å²) in [6.45, 7) is 7.63. The van der Waals surface area contributed by atoms with Crippen molar-refractivity contribution in [2.75, 3.05) is 39.8 Å². The van der Waals surface area contributed by atoms with Gasteiger partial charge in [0.05, 0.1) is 12.7 Å². The molecule has 1 aromatic carbocycles. The fourth-order valence-electron chi connectivity index (χ4n) is 2.81. The molecule has 0 bridgehead atoms. The second-order valence-electron chi connectivity index (χ2n) is 5.73. The van der Waals surface area contributed by atoms with Crippen molar-refractivity contribution in [3.8, 4) is 5.75 Å². The quantitative estimate of drug-likeness (QED) is 0.904. The Morgan fingerprint density at radius 1 is 1.29 bits per heavy atom. The number of nitrogens with zero attached hydrogens (tertiary/aromatic N) is 1. The highest BCUT2D eigenvalue weighted by atomic mass is 19.3. The van der Waals surface area contributed by atoms with Gasteiger partial charge in [-0.3, -0.25) is 0 Å². The largest absolute Gasteiger partial charge is 0.496 e. The topological polar surface area (TPSA) is 24.5 Å². The third kappa shape index (κ3) is 4.14. The number of benzene rings is 1. The van der Waals surface area contributed by atoms with Crippen molar-refractivity contribution in [3.63, 3.8) is 0 Å². The predicted molar refractivity (Wildman–Crippen MR) is 80.3 cm³/mol. The number of halogens is 2. The minimum atomic E-state index is -2.89. The Bertz CT molecular complexity index is 480. The van der Waals surface area contributed by atoms with Crippen LogP contribution in [0.25, 0.3) is 0 Å². The van der Waals surface area contributed by atoms with Crippen LogP contribution in [0.1, 0.15) is 23.6 Å². The summed E-state index contributed by atoms with van der Waals surface area (Å²) in [5.74, 6) is -2.55. The van der Waals surface area contributed by atoms with Crippen LogP contribution in [0, 0.1) is 6.92 Å². The molecule has 0 spiro atoms. The molecule has 1 saturated heterocycles. The van der Waals surface area contributed by atoms with Crippen molar-refractivity contribution in [2.45, 2.75) is 26.2 Å². The molecule has 1 aliphatic rings. The number of alkyl halides is 2. The number of aryl methyl sites for hydroxylation is 1. The third-order valence-electron chi connectivity index (χ3n) is 3.89. The van der Waals surface area contributed by atoms with Crippen molar-refractivity contribution >= 4 is 0 Å². The molecule has 0 saturated carbocycles. The summed E-state index contributed by atoms with van der Waals surface area (Å²) in [6, 6.07) is 3.48. The van der Waals surface area contributed by atoms with Gasteiger partial charge in [-0.1, -0.05) is 11.6 Å². The van der Waals surface area contributed by atoms with E-state index >= 15 is 0 Å². The molecule has 1 N–H and O–H groups in total. The number of ether oxygens (including phenoxy) is 1. The molecular formula is C16H24F2N2O. The van der Waals surface area contributed by atoms with E-state index in [-0.39, 0.29) is 5.56 Å². The highest BCUT2D eigenvalue weighted by molar-refractivity contribution is 5.46. The van der Waals surface area contributed by atoms with Crippen LogP contribution in [0.4, 0.5) is 8.78 Å². The van der Waals surface area contributed by atoms with Crippen molar-refractivity contribution in [1.82, 2.24) is 10.2 Å². The summed E-state index contributed by atoms with van der Waals surface area (Å²) in [5.41, 5.74) is 1.70. The summed E-state index contributed by atoms with van der Waals surface area (Å²) in [7, 11) is 1.47. The average Bonchev–Trinajstić information content (AvgIpc) is 2.44. The van der Waals surface area contributed by atoms with E-state index in [4.69, 9.17) is 4.74 Å². The van der Waals surface area contributed by atoms with E-state index in [1.807, 2.05) is 13.0 Å². The first kappa shape index (κ1) is 16.2. The van der Waals surface area contributed by atoms with Crippen LogP contribution in [-0.2, 0) is 12.3 Å². The molecule has 21 heavy (non-hydrogen) atoms. The molecule has 0 unspecified atom stereocenters. The first-order chi connectivity index (χ1) is 9.91. The predicted octanol–water partition coefficient (Wildman–Crippen LogP) is 2.56. The van der Waals surface area contributed by atoms with Gasteiger partial charge in [0.2, 0.25) is 0 Å². The van der Waals surface area contributed by atoms with Crippen molar-refractivity contribution in [2.24, 2.45) is 0 Å². The Kier molecular flexibility index (Phi) is 5.17. The lowest BCUT2D eigenvalue weighted by atomic mass is 9.98. The number of hydrogen-bond donors (Lipinski definition) is 1. The minimum Gasteiger partial charge on any atom is -0.496 e. The molecule has 2 rings (SSSR count). The molecule has 0 radical (unpaired) electrons. The normalized spacial score (nSPS) is 17.0. The summed E-state index contributed by atoms with van der Waals surface area (Å²) in [4.78, 5) is 2.35. The van der Waals surface area contributed by atoms with Crippen LogP contribution in [0.5, 0.6) is 5.75 Å². The fraction of sp³-hybridized carbons (Fsp3) is 0.625. The van der Waals surface area contributed by atoms with E-state index in [1.54, 1.807) is 0 Å². The van der Waals surface area contributed by atoms with Crippen LogP contribution in [-0.4, -0.2) is 44.7 Å². The van der Waals surface area contributed by atoms with Crippen molar-refractivity contribution in [3.05, 3.63) is 28.8 Å². The summed E-state index contributed by atoms with van der Waals surface area (Å²) < 4.78 is 32.8. The van der Waals surface area contributed by atoms with E-state index in [9.17, 15) is 8.78 Å². The van der Waals surface area contributed by atoms with Gasteiger partial charge in [0.25, 0.3) is 5.92 Å². The number of rotatable bonds is 5. The SMILES string of the molecule is COc1c(CCN2CCNCC2)cc(C)cc1C(C)(F)F. The van der Waals surface area contributed by atoms with Gasteiger partial charge in [0.15, 0.2) is 0 Å². The van der Waals surface area contributed by atoms with Crippen molar-refractivity contribution in [1.29, 1.82) is 0 Å². The van der Waals surface area contributed by atoms with Gasteiger partial charge in [0.1, 0.15) is 5.75 Å². The second kappa shape index (κ2) is 6.71. The molecule has 1 heterocycles. The summed E-state index contributed by atoms with van der Waals surface area (Å²) in [5, 5.41) is 3.31. The molecule has 0 atom stereocenters. The van der Waals surface area contributed by atoms with Crippen LogP contribution in [0.2, 0.25) is 0 Å². The molecule has 1 aliphatic heterocycles. The first-order valence-corrected chi connectivity index (χ1v) is 7.40. The van der Waals surface area contributed by atoms with Crippen LogP contribution < -0.4 is 10.1 Å². The average molecular weight is 298 g/mol. The van der Waals surface area contributed by atoms with Gasteiger partial charge < -0.3 is 15.0 Å². The Morgan fingerprint density at radius 3 is 2.52 bits per heavy atom. The van der Waals surface area contributed by atoms with Crippen LogP contribution >= 0.6 is 0 Å². The van der Waals surface area contributed by atoms with Crippen LogP contribution in [0.15, 0.2) is 12.1 Å². The number of hydrogen-bond acceptors (Lipinski definition) is 3. The lowest BCUT2D eigenvalue weighted by molar-refractivity contribution is 0.0148. The Morgan fingerprint density at radius 2 is 1.95 bits per heavy atom. The highest BCUT2D eigenvalue weighted by Gasteiger charge is 2.30. The first-order valence-electron chi connectivity index (χ1n) is 7.40. The minimum absolute atomic E-state index is 0.0136. The monoisotopic (exact) mass is 298 g/mol. The van der Waals surface area contributed by atoms with E-state index in [2.05, 4.69) is 10.2 Å². The molecule has 1 fully saturated rings. The number of methoxy groups -OCH3 is 1. The Hall–Kier alpha value is -1.20. The zero-order chi connectivity index (χ0) is 15.5. The molecule has 0 aliphatic carbocycles. The molecule has 118 valence electrons. The smallest absolute Gasteiger partial charge is 0.274 e. The van der Waals surface area contributed by atoms with E-state index in [0.717, 1.165) is 57.2 Å².